The number of carbonyl (C=O) groups excluding carboxylic acids is 2. The summed E-state index contributed by atoms with van der Waals surface area (Å²) in [6, 6.07) is 2.95. The fourth-order valence-corrected chi connectivity index (χ4v) is 2.20. The van der Waals surface area contributed by atoms with E-state index >= 15 is 0 Å². The highest BCUT2D eigenvalue weighted by molar-refractivity contribution is 7.12. The molecule has 4 nitrogen and oxygen atoms in total. The molecule has 19 heavy (non-hydrogen) atoms. The van der Waals surface area contributed by atoms with E-state index in [0.717, 1.165) is 0 Å². The zero-order chi connectivity index (χ0) is 14.3. The molecule has 0 saturated carbocycles. The maximum atomic E-state index is 12.1. The van der Waals surface area contributed by atoms with E-state index in [1.807, 2.05) is 5.38 Å². The summed E-state index contributed by atoms with van der Waals surface area (Å²) in [4.78, 5) is 26.2. The smallest absolute Gasteiger partial charge is 0.261 e. The number of hydrogen-bond acceptors (Lipinski definition) is 3. The molecule has 2 amide bonds. The molecule has 1 atom stereocenters. The first-order valence-electron chi connectivity index (χ1n) is 5.95. The molecule has 1 aromatic rings. The summed E-state index contributed by atoms with van der Waals surface area (Å²) in [5.41, 5.74) is 0. The molecule has 0 fully saturated rings. The van der Waals surface area contributed by atoms with Crippen molar-refractivity contribution >= 4 is 23.2 Å². The Hall–Kier alpha value is -1.88. The number of carbonyl (C=O) groups is 2. The van der Waals surface area contributed by atoms with Crippen molar-refractivity contribution in [1.82, 2.24) is 10.2 Å². The van der Waals surface area contributed by atoms with Crippen LogP contribution in [0.1, 0.15) is 16.6 Å². The quantitative estimate of drug-likeness (QED) is 0.776. The molecule has 1 unspecified atom stereocenters. The van der Waals surface area contributed by atoms with E-state index in [9.17, 15) is 9.59 Å². The van der Waals surface area contributed by atoms with Crippen LogP contribution in [0.15, 0.2) is 42.8 Å². The second-order valence-electron chi connectivity index (χ2n) is 3.99. The van der Waals surface area contributed by atoms with Gasteiger partial charge in [-0.25, -0.2) is 0 Å². The van der Waals surface area contributed by atoms with Crippen LogP contribution in [0, 0.1) is 0 Å². The lowest BCUT2D eigenvalue weighted by atomic mass is 10.2. The molecule has 0 spiro atoms. The Morgan fingerprint density at radius 1 is 1.42 bits per heavy atom. The minimum Gasteiger partial charge on any atom is -0.340 e. The number of hydrogen-bond donors (Lipinski definition) is 1. The predicted octanol–water partition coefficient (Wildman–Crippen LogP) is 2.07. The second-order valence-corrected chi connectivity index (χ2v) is 4.94. The summed E-state index contributed by atoms with van der Waals surface area (Å²) >= 11 is 1.34. The Kier molecular flexibility index (Phi) is 6.02. The monoisotopic (exact) mass is 278 g/mol. The number of rotatable bonds is 7. The molecule has 1 N–H and O–H groups in total. The van der Waals surface area contributed by atoms with E-state index in [0.29, 0.717) is 18.0 Å². The second kappa shape index (κ2) is 7.53. The molecule has 0 aliphatic heterocycles. The average molecular weight is 278 g/mol. The van der Waals surface area contributed by atoms with E-state index < -0.39 is 6.04 Å². The molecule has 5 heteroatoms. The highest BCUT2D eigenvalue weighted by Gasteiger charge is 2.21. The van der Waals surface area contributed by atoms with Gasteiger partial charge in [-0.1, -0.05) is 18.2 Å². The van der Waals surface area contributed by atoms with Crippen molar-refractivity contribution in [3.63, 3.8) is 0 Å². The standard InChI is InChI=1S/C14H18N2O2S/c1-4-8-16(9-5-2)14(18)11(3)15-13(17)12-7-6-10-19-12/h4-7,10-11H,1-2,8-9H2,3H3,(H,15,17). The van der Waals surface area contributed by atoms with Crippen LogP contribution in [0.25, 0.3) is 0 Å². The number of amides is 2. The number of nitrogens with one attached hydrogen (secondary N) is 1. The lowest BCUT2D eigenvalue weighted by Gasteiger charge is -2.23. The molecule has 1 heterocycles. The van der Waals surface area contributed by atoms with Crippen LogP contribution in [0.4, 0.5) is 0 Å². The molecule has 0 radical (unpaired) electrons. The zero-order valence-corrected chi connectivity index (χ0v) is 11.8. The largest absolute Gasteiger partial charge is 0.340 e. The number of thiophene rings is 1. The molecule has 0 saturated heterocycles. The normalized spacial score (nSPS) is 11.4. The van der Waals surface area contributed by atoms with E-state index in [2.05, 4.69) is 18.5 Å². The van der Waals surface area contributed by atoms with Gasteiger partial charge in [0, 0.05) is 13.1 Å². The van der Waals surface area contributed by atoms with Crippen molar-refractivity contribution < 1.29 is 9.59 Å². The Morgan fingerprint density at radius 3 is 2.53 bits per heavy atom. The van der Waals surface area contributed by atoms with Gasteiger partial charge < -0.3 is 10.2 Å². The van der Waals surface area contributed by atoms with Gasteiger partial charge >= 0.3 is 0 Å². The van der Waals surface area contributed by atoms with Crippen molar-refractivity contribution in [2.24, 2.45) is 0 Å². The summed E-state index contributed by atoms with van der Waals surface area (Å²) in [5, 5.41) is 4.51. The third kappa shape index (κ3) is 4.37. The highest BCUT2D eigenvalue weighted by atomic mass is 32.1. The van der Waals surface area contributed by atoms with Gasteiger partial charge in [-0.05, 0) is 18.4 Å². The minimum absolute atomic E-state index is 0.148. The van der Waals surface area contributed by atoms with Gasteiger partial charge in [0.2, 0.25) is 5.91 Å². The Balaban J connectivity index is 2.62. The Morgan fingerprint density at radius 2 is 2.05 bits per heavy atom. The first-order valence-corrected chi connectivity index (χ1v) is 6.83. The summed E-state index contributed by atoms with van der Waals surface area (Å²) in [6.45, 7) is 9.77. The Labute approximate surface area is 117 Å². The van der Waals surface area contributed by atoms with Crippen LogP contribution in [0.3, 0.4) is 0 Å². The first-order chi connectivity index (χ1) is 9.10. The molecular formula is C14H18N2O2S. The molecule has 102 valence electrons. The highest BCUT2D eigenvalue weighted by Crippen LogP contribution is 2.08. The number of nitrogens with zero attached hydrogens (tertiary/aromatic N) is 1. The van der Waals surface area contributed by atoms with E-state index in [4.69, 9.17) is 0 Å². The molecule has 0 aromatic carbocycles. The van der Waals surface area contributed by atoms with Crippen molar-refractivity contribution in [2.45, 2.75) is 13.0 Å². The molecule has 0 bridgehead atoms. The van der Waals surface area contributed by atoms with Gasteiger partial charge in [-0.3, -0.25) is 9.59 Å². The Bertz CT molecular complexity index is 444. The topological polar surface area (TPSA) is 49.4 Å². The van der Waals surface area contributed by atoms with Gasteiger partial charge in [-0.2, -0.15) is 0 Å². The maximum absolute atomic E-state index is 12.1. The fourth-order valence-electron chi connectivity index (χ4n) is 1.58. The molecule has 1 aromatic heterocycles. The molecule has 0 aliphatic carbocycles. The third-order valence-electron chi connectivity index (χ3n) is 2.47. The molecule has 1 rings (SSSR count). The van der Waals surface area contributed by atoms with Crippen molar-refractivity contribution in [3.05, 3.63) is 47.7 Å². The lowest BCUT2D eigenvalue weighted by Crippen LogP contribution is -2.46. The van der Waals surface area contributed by atoms with E-state index in [1.54, 1.807) is 36.1 Å². The van der Waals surface area contributed by atoms with Crippen LogP contribution < -0.4 is 5.32 Å². The van der Waals surface area contributed by atoms with Crippen LogP contribution >= 0.6 is 11.3 Å². The fraction of sp³-hybridized carbons (Fsp3) is 0.286. The van der Waals surface area contributed by atoms with Gasteiger partial charge in [0.15, 0.2) is 0 Å². The maximum Gasteiger partial charge on any atom is 0.261 e. The minimum atomic E-state index is -0.575. The van der Waals surface area contributed by atoms with Crippen LogP contribution in [0.2, 0.25) is 0 Å². The van der Waals surface area contributed by atoms with Crippen molar-refractivity contribution in [3.8, 4) is 0 Å². The third-order valence-corrected chi connectivity index (χ3v) is 3.34. The molecule has 0 aliphatic rings. The van der Waals surface area contributed by atoms with Crippen LogP contribution in [-0.2, 0) is 4.79 Å². The first kappa shape index (κ1) is 15.2. The van der Waals surface area contributed by atoms with Gasteiger partial charge in [-0.15, -0.1) is 24.5 Å². The van der Waals surface area contributed by atoms with Crippen molar-refractivity contribution in [2.75, 3.05) is 13.1 Å². The summed E-state index contributed by atoms with van der Waals surface area (Å²) in [7, 11) is 0. The van der Waals surface area contributed by atoms with E-state index in [-0.39, 0.29) is 11.8 Å². The van der Waals surface area contributed by atoms with Gasteiger partial charge in [0.25, 0.3) is 5.91 Å². The summed E-state index contributed by atoms with van der Waals surface area (Å²) in [6.07, 6.45) is 3.30. The predicted molar refractivity (Wildman–Crippen MR) is 78.2 cm³/mol. The lowest BCUT2D eigenvalue weighted by molar-refractivity contribution is -0.131. The molecular weight excluding hydrogens is 260 g/mol. The summed E-state index contributed by atoms with van der Waals surface area (Å²) < 4.78 is 0. The average Bonchev–Trinajstić information content (AvgIpc) is 2.91. The summed E-state index contributed by atoms with van der Waals surface area (Å²) in [5.74, 6) is -0.377. The van der Waals surface area contributed by atoms with Gasteiger partial charge in [0.05, 0.1) is 4.88 Å². The zero-order valence-electron chi connectivity index (χ0n) is 11.0. The SMILES string of the molecule is C=CCN(CC=C)C(=O)C(C)NC(=O)c1cccs1. The van der Waals surface area contributed by atoms with Crippen LogP contribution in [-0.4, -0.2) is 35.8 Å². The van der Waals surface area contributed by atoms with Crippen LogP contribution in [0.5, 0.6) is 0 Å². The van der Waals surface area contributed by atoms with Gasteiger partial charge in [0.1, 0.15) is 6.04 Å². The van der Waals surface area contributed by atoms with E-state index in [1.165, 1.54) is 11.3 Å². The van der Waals surface area contributed by atoms with Crippen molar-refractivity contribution in [1.29, 1.82) is 0 Å².